The minimum Gasteiger partial charge on any atom is -0.504 e. The third kappa shape index (κ3) is 3.82. The van der Waals surface area contributed by atoms with Gasteiger partial charge in [-0.1, -0.05) is 42.5 Å². The van der Waals surface area contributed by atoms with Gasteiger partial charge in [0.2, 0.25) is 0 Å². The molecule has 0 aromatic heterocycles. The highest BCUT2D eigenvalue weighted by atomic mass is 16.5. The van der Waals surface area contributed by atoms with Gasteiger partial charge in [0.1, 0.15) is 0 Å². The number of allylic oxidation sites excluding steroid dienone is 1. The van der Waals surface area contributed by atoms with Crippen molar-refractivity contribution >= 4 is 17.6 Å². The molecule has 2 rings (SSSR count). The molecule has 1 N–H and O–H groups in total. The SMILES string of the molecule is COc1cccc(C=CC(=O)CC(=O)c2ccccc2)c1O. The summed E-state index contributed by atoms with van der Waals surface area (Å²) in [6, 6.07) is 13.6. The van der Waals surface area contributed by atoms with Crippen LogP contribution in [0.5, 0.6) is 11.5 Å². The van der Waals surface area contributed by atoms with Crippen LogP contribution >= 0.6 is 0 Å². The van der Waals surface area contributed by atoms with E-state index in [2.05, 4.69) is 0 Å². The van der Waals surface area contributed by atoms with Gasteiger partial charge in [0, 0.05) is 11.1 Å². The minimum absolute atomic E-state index is 0.0385. The van der Waals surface area contributed by atoms with Crippen molar-refractivity contribution in [1.29, 1.82) is 0 Å². The number of hydrogen-bond donors (Lipinski definition) is 1. The Labute approximate surface area is 128 Å². The fourth-order valence-corrected chi connectivity index (χ4v) is 1.96. The fraction of sp³-hybridized carbons (Fsp3) is 0.111. The molecule has 22 heavy (non-hydrogen) atoms. The van der Waals surface area contributed by atoms with Crippen molar-refractivity contribution in [2.75, 3.05) is 7.11 Å². The average molecular weight is 296 g/mol. The molecule has 0 unspecified atom stereocenters. The van der Waals surface area contributed by atoms with E-state index in [1.165, 1.54) is 19.3 Å². The second-order valence-corrected chi connectivity index (χ2v) is 4.66. The summed E-state index contributed by atoms with van der Waals surface area (Å²) in [5.74, 6) is -0.264. The monoisotopic (exact) mass is 296 g/mol. The third-order valence-corrected chi connectivity index (χ3v) is 3.13. The van der Waals surface area contributed by atoms with Crippen molar-refractivity contribution in [1.82, 2.24) is 0 Å². The lowest BCUT2D eigenvalue weighted by Gasteiger charge is -2.05. The average Bonchev–Trinajstić information content (AvgIpc) is 2.54. The second-order valence-electron chi connectivity index (χ2n) is 4.66. The highest BCUT2D eigenvalue weighted by Crippen LogP contribution is 2.30. The van der Waals surface area contributed by atoms with Gasteiger partial charge in [-0.3, -0.25) is 9.59 Å². The van der Waals surface area contributed by atoms with E-state index in [0.29, 0.717) is 16.9 Å². The van der Waals surface area contributed by atoms with E-state index >= 15 is 0 Å². The van der Waals surface area contributed by atoms with E-state index in [1.54, 1.807) is 42.5 Å². The Morgan fingerprint density at radius 2 is 1.82 bits per heavy atom. The summed E-state index contributed by atoms with van der Waals surface area (Å²) in [4.78, 5) is 23.8. The summed E-state index contributed by atoms with van der Waals surface area (Å²) in [5.41, 5.74) is 0.966. The van der Waals surface area contributed by atoms with Crippen LogP contribution in [0.4, 0.5) is 0 Å². The largest absolute Gasteiger partial charge is 0.504 e. The number of para-hydroxylation sites is 1. The Hall–Kier alpha value is -2.88. The predicted molar refractivity (Wildman–Crippen MR) is 84.1 cm³/mol. The molecule has 0 amide bonds. The number of rotatable bonds is 6. The van der Waals surface area contributed by atoms with Gasteiger partial charge in [-0.25, -0.2) is 0 Å². The van der Waals surface area contributed by atoms with Crippen LogP contribution in [0.25, 0.3) is 6.08 Å². The molecular formula is C18H16O4. The number of methoxy groups -OCH3 is 1. The Morgan fingerprint density at radius 3 is 2.50 bits per heavy atom. The minimum atomic E-state index is -0.323. The third-order valence-electron chi connectivity index (χ3n) is 3.13. The Balaban J connectivity index is 2.05. The number of carbonyl (C=O) groups is 2. The van der Waals surface area contributed by atoms with Crippen molar-refractivity contribution in [3.63, 3.8) is 0 Å². The van der Waals surface area contributed by atoms with Crippen molar-refractivity contribution in [3.05, 3.63) is 65.7 Å². The van der Waals surface area contributed by atoms with E-state index in [4.69, 9.17) is 4.74 Å². The summed E-state index contributed by atoms with van der Waals surface area (Å²) in [6.45, 7) is 0. The van der Waals surface area contributed by atoms with Crippen LogP contribution < -0.4 is 4.74 Å². The topological polar surface area (TPSA) is 63.6 Å². The summed E-state index contributed by atoms with van der Waals surface area (Å²) < 4.78 is 4.99. The van der Waals surface area contributed by atoms with Crippen molar-refractivity contribution in [3.8, 4) is 11.5 Å². The van der Waals surface area contributed by atoms with Crippen LogP contribution in [0.3, 0.4) is 0 Å². The van der Waals surface area contributed by atoms with E-state index in [-0.39, 0.29) is 23.7 Å². The molecule has 0 fully saturated rings. The van der Waals surface area contributed by atoms with Crippen LogP contribution in [0, 0.1) is 0 Å². The zero-order chi connectivity index (χ0) is 15.9. The van der Waals surface area contributed by atoms with Crippen LogP contribution in [-0.4, -0.2) is 23.8 Å². The molecule has 4 heteroatoms. The molecule has 0 bridgehead atoms. The van der Waals surface area contributed by atoms with Crippen LogP contribution in [0.15, 0.2) is 54.6 Å². The highest BCUT2D eigenvalue weighted by Gasteiger charge is 2.10. The number of ether oxygens (including phenoxy) is 1. The van der Waals surface area contributed by atoms with Gasteiger partial charge in [-0.2, -0.15) is 0 Å². The number of phenols is 1. The number of ketones is 2. The maximum atomic E-state index is 11.9. The molecule has 4 nitrogen and oxygen atoms in total. The molecule has 0 aliphatic carbocycles. The highest BCUT2D eigenvalue weighted by molar-refractivity contribution is 6.12. The lowest BCUT2D eigenvalue weighted by atomic mass is 10.1. The second kappa shape index (κ2) is 7.22. The number of Topliss-reactive ketones (excluding diaryl/α,β-unsaturated/α-hetero) is 1. The van der Waals surface area contributed by atoms with Crippen molar-refractivity contribution < 1.29 is 19.4 Å². The zero-order valence-electron chi connectivity index (χ0n) is 12.2. The number of hydrogen-bond acceptors (Lipinski definition) is 4. The molecule has 0 aliphatic rings. The van der Waals surface area contributed by atoms with E-state index < -0.39 is 0 Å². The zero-order valence-corrected chi connectivity index (χ0v) is 12.2. The molecule has 0 spiro atoms. The smallest absolute Gasteiger partial charge is 0.170 e. The van der Waals surface area contributed by atoms with Gasteiger partial charge in [0.25, 0.3) is 0 Å². The van der Waals surface area contributed by atoms with Crippen LogP contribution in [-0.2, 0) is 4.79 Å². The number of aromatic hydroxyl groups is 1. The quantitative estimate of drug-likeness (QED) is 0.505. The van der Waals surface area contributed by atoms with Crippen LogP contribution in [0.2, 0.25) is 0 Å². The molecule has 0 atom stereocenters. The molecule has 0 saturated heterocycles. The van der Waals surface area contributed by atoms with Gasteiger partial charge in [0.15, 0.2) is 23.1 Å². The summed E-state index contributed by atoms with van der Waals surface area (Å²) >= 11 is 0. The lowest BCUT2D eigenvalue weighted by molar-refractivity contribution is -0.113. The summed E-state index contributed by atoms with van der Waals surface area (Å²) in [7, 11) is 1.45. The Kier molecular flexibility index (Phi) is 5.09. The van der Waals surface area contributed by atoms with Gasteiger partial charge < -0.3 is 9.84 Å². The van der Waals surface area contributed by atoms with Gasteiger partial charge in [-0.15, -0.1) is 0 Å². The molecule has 0 aliphatic heterocycles. The van der Waals surface area contributed by atoms with Crippen LogP contribution in [0.1, 0.15) is 22.3 Å². The van der Waals surface area contributed by atoms with E-state index in [9.17, 15) is 14.7 Å². The standard InChI is InChI=1S/C18H16O4/c1-22-17-9-5-8-14(18(17)21)10-11-15(19)12-16(20)13-6-3-2-4-7-13/h2-11,21H,12H2,1H3. The van der Waals surface area contributed by atoms with Crippen molar-refractivity contribution in [2.45, 2.75) is 6.42 Å². The van der Waals surface area contributed by atoms with Crippen molar-refractivity contribution in [2.24, 2.45) is 0 Å². The molecule has 0 saturated carbocycles. The predicted octanol–water partition coefficient (Wildman–Crippen LogP) is 3.26. The fourth-order valence-electron chi connectivity index (χ4n) is 1.96. The summed E-state index contributed by atoms with van der Waals surface area (Å²) in [5, 5.41) is 9.91. The first-order valence-corrected chi connectivity index (χ1v) is 6.77. The molecule has 0 radical (unpaired) electrons. The number of carbonyl (C=O) groups excluding carboxylic acids is 2. The Bertz CT molecular complexity index is 702. The summed E-state index contributed by atoms with van der Waals surface area (Å²) in [6.07, 6.45) is 2.55. The molecule has 112 valence electrons. The van der Waals surface area contributed by atoms with E-state index in [1.807, 2.05) is 6.07 Å². The Morgan fingerprint density at radius 1 is 1.09 bits per heavy atom. The van der Waals surface area contributed by atoms with E-state index in [0.717, 1.165) is 0 Å². The maximum Gasteiger partial charge on any atom is 0.170 e. The van der Waals surface area contributed by atoms with Gasteiger partial charge >= 0.3 is 0 Å². The van der Waals surface area contributed by atoms with Gasteiger partial charge in [0.05, 0.1) is 13.5 Å². The molecular weight excluding hydrogens is 280 g/mol. The maximum absolute atomic E-state index is 11.9. The molecule has 2 aromatic rings. The lowest BCUT2D eigenvalue weighted by Crippen LogP contribution is -2.05. The first-order valence-electron chi connectivity index (χ1n) is 6.77. The molecule has 0 heterocycles. The molecule has 2 aromatic carbocycles. The normalized spacial score (nSPS) is 10.6. The first-order chi connectivity index (χ1) is 10.6. The number of phenolic OH excluding ortho intramolecular Hbond substituents is 1. The first kappa shape index (κ1) is 15.5. The van der Waals surface area contributed by atoms with Gasteiger partial charge in [-0.05, 0) is 18.2 Å². The number of benzene rings is 2.